The van der Waals surface area contributed by atoms with E-state index in [4.69, 9.17) is 18.9 Å². The Hall–Kier alpha value is -0.980. The van der Waals surface area contributed by atoms with Crippen molar-refractivity contribution in [1.29, 1.82) is 0 Å². The Bertz CT molecular complexity index is 1300. The van der Waals surface area contributed by atoms with Crippen molar-refractivity contribution in [2.24, 2.45) is 46.3 Å². The molecule has 1 heterocycles. The molecular formula is C59H105NO4. The van der Waals surface area contributed by atoms with Crippen molar-refractivity contribution in [3.63, 3.8) is 0 Å². The third kappa shape index (κ3) is 17.8. The Kier molecular flexibility index (Phi) is 25.7. The number of likely N-dealkylation sites (tertiary alicyclic amines) is 1. The van der Waals surface area contributed by atoms with Gasteiger partial charge in [-0.15, -0.1) is 0 Å². The molecule has 5 rings (SSSR count). The van der Waals surface area contributed by atoms with Crippen LogP contribution in [-0.2, 0) is 18.9 Å². The van der Waals surface area contributed by atoms with Crippen molar-refractivity contribution in [3.8, 4) is 0 Å². The smallest absolute Gasteiger partial charge is 0.0936 e. The van der Waals surface area contributed by atoms with Gasteiger partial charge < -0.3 is 23.8 Å². The standard InChI is InChI=1S/C59H105NO4/c1-7-8-9-10-11-12-13-14-15-16-17-18-19-20-21-22-23-27-41-62-48-53(47-60-39-25-24-26-40-60)64-45-43-61-42-44-63-52-35-37-58(5)51(46-52)31-32-54-56-34-33-55(50(4)30-28-29-49(2)3)59(56,6)38-36-57(54)58/h11-12,14-15,31,49-50,52-57H,7-10,13,16-30,32-48H2,1-6H3/b12-11-,15-14-/t50-,52+,53?,54+,55-,56+,57+,58+,59-/m1/s1. The summed E-state index contributed by atoms with van der Waals surface area (Å²) in [6.45, 7) is 22.5. The second-order valence-electron chi connectivity index (χ2n) is 22.9. The van der Waals surface area contributed by atoms with Gasteiger partial charge in [0.25, 0.3) is 0 Å². The molecule has 4 fully saturated rings. The highest BCUT2D eigenvalue weighted by atomic mass is 16.6. The van der Waals surface area contributed by atoms with Crippen LogP contribution in [0, 0.1) is 46.3 Å². The zero-order valence-corrected chi connectivity index (χ0v) is 43.2. The summed E-state index contributed by atoms with van der Waals surface area (Å²) in [5.41, 5.74) is 2.69. The summed E-state index contributed by atoms with van der Waals surface area (Å²) in [6.07, 6.45) is 49.9. The molecule has 5 nitrogen and oxygen atoms in total. The van der Waals surface area contributed by atoms with Crippen molar-refractivity contribution < 1.29 is 18.9 Å². The maximum Gasteiger partial charge on any atom is 0.0936 e. The Morgan fingerprint density at radius 2 is 1.41 bits per heavy atom. The molecule has 0 bridgehead atoms. The van der Waals surface area contributed by atoms with Crippen LogP contribution in [0.5, 0.6) is 0 Å². The molecule has 1 aliphatic heterocycles. The topological polar surface area (TPSA) is 40.2 Å². The number of unbranched alkanes of at least 4 members (excludes halogenated alkanes) is 11. The van der Waals surface area contributed by atoms with E-state index in [0.717, 1.165) is 67.9 Å². The molecule has 370 valence electrons. The molecule has 0 radical (unpaired) electrons. The van der Waals surface area contributed by atoms with Crippen LogP contribution < -0.4 is 0 Å². The SMILES string of the molecule is CCCCC/C=C\C/C=C\CCCCCCCCCCOCC(CN1CCCCC1)OCCOCCO[C@H]1CC[C@@]2(C)C(=CC[C@H]3[C@@H]4CC[C@H]([C@H](C)CCCC(C)C)[C@@]4(C)CC[C@@H]32)C1. The van der Waals surface area contributed by atoms with E-state index in [2.05, 4.69) is 76.8 Å². The van der Waals surface area contributed by atoms with Gasteiger partial charge in [-0.05, 0) is 162 Å². The number of ether oxygens (including phenoxy) is 4. The second-order valence-corrected chi connectivity index (χ2v) is 22.9. The largest absolute Gasteiger partial charge is 0.379 e. The van der Waals surface area contributed by atoms with E-state index in [9.17, 15) is 0 Å². The van der Waals surface area contributed by atoms with E-state index in [0.29, 0.717) is 50.0 Å². The van der Waals surface area contributed by atoms with Crippen LogP contribution >= 0.6 is 0 Å². The molecule has 0 spiro atoms. The van der Waals surface area contributed by atoms with Crippen LogP contribution in [0.15, 0.2) is 36.0 Å². The molecule has 5 heteroatoms. The van der Waals surface area contributed by atoms with Crippen LogP contribution in [-0.4, -0.2) is 76.4 Å². The number of piperidine rings is 1. The van der Waals surface area contributed by atoms with Gasteiger partial charge in [0.15, 0.2) is 0 Å². The van der Waals surface area contributed by atoms with Gasteiger partial charge in [-0.1, -0.05) is 155 Å². The van der Waals surface area contributed by atoms with Crippen molar-refractivity contribution in [2.45, 2.75) is 234 Å². The molecule has 0 amide bonds. The quantitative estimate of drug-likeness (QED) is 0.0475. The van der Waals surface area contributed by atoms with Gasteiger partial charge >= 0.3 is 0 Å². The van der Waals surface area contributed by atoms with Crippen molar-refractivity contribution in [3.05, 3.63) is 36.0 Å². The summed E-state index contributed by atoms with van der Waals surface area (Å²) >= 11 is 0. The Morgan fingerprint density at radius 1 is 0.688 bits per heavy atom. The number of allylic oxidation sites excluding steroid dienone is 5. The lowest BCUT2D eigenvalue weighted by Gasteiger charge is -2.58. The predicted molar refractivity (Wildman–Crippen MR) is 273 cm³/mol. The van der Waals surface area contributed by atoms with Gasteiger partial charge in [-0.3, -0.25) is 0 Å². The molecular weight excluding hydrogens is 787 g/mol. The summed E-state index contributed by atoms with van der Waals surface area (Å²) in [6, 6.07) is 0. The molecule has 0 aromatic carbocycles. The van der Waals surface area contributed by atoms with Gasteiger partial charge in [0.2, 0.25) is 0 Å². The molecule has 1 unspecified atom stereocenters. The van der Waals surface area contributed by atoms with Crippen LogP contribution in [0.3, 0.4) is 0 Å². The summed E-state index contributed by atoms with van der Waals surface area (Å²) in [4.78, 5) is 2.58. The molecule has 1 saturated heterocycles. The zero-order valence-electron chi connectivity index (χ0n) is 43.2. The van der Waals surface area contributed by atoms with Gasteiger partial charge in [0, 0.05) is 13.2 Å². The Balaban J connectivity index is 0.893. The highest BCUT2D eigenvalue weighted by Gasteiger charge is 2.59. The third-order valence-electron chi connectivity index (χ3n) is 17.6. The number of rotatable bonds is 34. The van der Waals surface area contributed by atoms with Gasteiger partial charge in [-0.25, -0.2) is 0 Å². The molecule has 5 aliphatic rings. The van der Waals surface area contributed by atoms with E-state index < -0.39 is 0 Å². The number of hydrogen-bond donors (Lipinski definition) is 0. The fourth-order valence-electron chi connectivity index (χ4n) is 13.8. The average molecular weight is 892 g/mol. The molecule has 9 atom stereocenters. The van der Waals surface area contributed by atoms with Crippen LogP contribution in [0.2, 0.25) is 0 Å². The maximum atomic E-state index is 6.53. The van der Waals surface area contributed by atoms with Crippen LogP contribution in [0.1, 0.15) is 221 Å². The highest BCUT2D eigenvalue weighted by Crippen LogP contribution is 2.67. The highest BCUT2D eigenvalue weighted by molar-refractivity contribution is 5.25. The molecule has 4 aliphatic carbocycles. The minimum atomic E-state index is 0.121. The first-order valence-electron chi connectivity index (χ1n) is 28.3. The van der Waals surface area contributed by atoms with Crippen molar-refractivity contribution in [1.82, 2.24) is 4.90 Å². The Morgan fingerprint density at radius 3 is 2.16 bits per heavy atom. The average Bonchev–Trinajstić information content (AvgIpc) is 3.65. The van der Waals surface area contributed by atoms with E-state index in [1.54, 1.807) is 5.57 Å². The first-order valence-corrected chi connectivity index (χ1v) is 28.3. The van der Waals surface area contributed by atoms with E-state index in [1.807, 2.05) is 0 Å². The zero-order chi connectivity index (χ0) is 45.3. The van der Waals surface area contributed by atoms with Gasteiger partial charge in [-0.2, -0.15) is 0 Å². The lowest BCUT2D eigenvalue weighted by Crippen LogP contribution is -2.51. The van der Waals surface area contributed by atoms with Gasteiger partial charge in [0.1, 0.15) is 0 Å². The normalized spacial score (nSPS) is 29.6. The fourth-order valence-corrected chi connectivity index (χ4v) is 13.8. The summed E-state index contributed by atoms with van der Waals surface area (Å²) in [5.74, 6) is 5.37. The van der Waals surface area contributed by atoms with Crippen LogP contribution in [0.4, 0.5) is 0 Å². The monoisotopic (exact) mass is 892 g/mol. The fraction of sp³-hybridized carbons (Fsp3) is 0.898. The molecule has 0 N–H and O–H groups in total. The molecule has 0 aromatic rings. The van der Waals surface area contributed by atoms with Crippen LogP contribution in [0.25, 0.3) is 0 Å². The van der Waals surface area contributed by atoms with Crippen molar-refractivity contribution >= 4 is 0 Å². The first-order chi connectivity index (χ1) is 31.2. The Labute approximate surface area is 397 Å². The maximum absolute atomic E-state index is 6.53. The minimum absolute atomic E-state index is 0.121. The lowest BCUT2D eigenvalue weighted by atomic mass is 9.47. The van der Waals surface area contributed by atoms with E-state index in [1.165, 1.54) is 174 Å². The van der Waals surface area contributed by atoms with E-state index in [-0.39, 0.29) is 6.10 Å². The number of fused-ring (bicyclic) bond motifs is 5. The summed E-state index contributed by atoms with van der Waals surface area (Å²) < 4.78 is 25.3. The van der Waals surface area contributed by atoms with Gasteiger partial charge in [0.05, 0.1) is 45.2 Å². The van der Waals surface area contributed by atoms with E-state index >= 15 is 0 Å². The second kappa shape index (κ2) is 30.5. The minimum Gasteiger partial charge on any atom is -0.379 e. The molecule has 64 heavy (non-hydrogen) atoms. The predicted octanol–water partition coefficient (Wildman–Crippen LogP) is 15.9. The number of nitrogens with zero attached hydrogens (tertiary/aromatic N) is 1. The van der Waals surface area contributed by atoms with Crippen molar-refractivity contribution in [2.75, 3.05) is 59.3 Å². The lowest BCUT2D eigenvalue weighted by molar-refractivity contribution is -0.0737. The third-order valence-corrected chi connectivity index (χ3v) is 17.6. The first kappa shape index (κ1) is 54.0. The summed E-state index contributed by atoms with van der Waals surface area (Å²) in [7, 11) is 0. The molecule has 3 saturated carbocycles. The number of hydrogen-bond acceptors (Lipinski definition) is 5. The molecule has 0 aromatic heterocycles. The summed E-state index contributed by atoms with van der Waals surface area (Å²) in [5, 5.41) is 0.